The van der Waals surface area contributed by atoms with Crippen molar-refractivity contribution in [2.24, 2.45) is 4.99 Å². The van der Waals surface area contributed by atoms with Crippen LogP contribution in [0.2, 0.25) is 0 Å². The Hall–Kier alpha value is -3.41. The number of phenolic OH excluding ortho intramolecular Hbond substituents is 1. The van der Waals surface area contributed by atoms with Crippen LogP contribution < -0.4 is 15.3 Å². The second kappa shape index (κ2) is 11.3. The summed E-state index contributed by atoms with van der Waals surface area (Å²) in [4.78, 5) is 28.9. The smallest absolute Gasteiger partial charge is 0.182 e. The predicted molar refractivity (Wildman–Crippen MR) is 140 cm³/mol. The van der Waals surface area contributed by atoms with Crippen LogP contribution in [0.15, 0.2) is 29.4 Å². The van der Waals surface area contributed by atoms with Crippen molar-refractivity contribution < 1.29 is 19.4 Å². The lowest BCUT2D eigenvalue weighted by atomic mass is 9.94. The molecule has 1 aromatic carbocycles. The van der Waals surface area contributed by atoms with E-state index < -0.39 is 0 Å². The minimum Gasteiger partial charge on any atom is -0.503 e. The molecule has 0 spiro atoms. The molecule has 184 valence electrons. The molecule has 35 heavy (non-hydrogen) atoms. The van der Waals surface area contributed by atoms with Crippen molar-refractivity contribution in [2.75, 3.05) is 7.11 Å². The van der Waals surface area contributed by atoms with Crippen molar-refractivity contribution >= 4 is 41.2 Å². The Morgan fingerprint density at radius 3 is 2.71 bits per heavy atom. The zero-order valence-electron chi connectivity index (χ0n) is 20.7. The van der Waals surface area contributed by atoms with Crippen LogP contribution in [-0.2, 0) is 9.59 Å². The van der Waals surface area contributed by atoms with Gasteiger partial charge in [-0.15, -0.1) is 0 Å². The highest BCUT2D eigenvalue weighted by Crippen LogP contribution is 2.35. The van der Waals surface area contributed by atoms with Gasteiger partial charge in [-0.3, -0.25) is 14.6 Å². The number of aromatic nitrogens is 1. The van der Waals surface area contributed by atoms with Gasteiger partial charge in [-0.2, -0.15) is 0 Å². The number of allylic oxidation sites excluding steroid dienone is 1. The van der Waals surface area contributed by atoms with Crippen LogP contribution in [0.3, 0.4) is 0 Å². The highest BCUT2D eigenvalue weighted by Gasteiger charge is 2.19. The predicted octanol–water partition coefficient (Wildman–Crippen LogP) is 4.92. The molecule has 2 aromatic rings. The van der Waals surface area contributed by atoms with Gasteiger partial charge in [-0.25, -0.2) is 0 Å². The largest absolute Gasteiger partial charge is 0.503 e. The van der Waals surface area contributed by atoms with Gasteiger partial charge >= 0.3 is 0 Å². The number of methoxy groups -OCH3 is 1. The number of nitrogens with zero attached hydrogens (tertiary/aromatic N) is 2. The molecule has 4 rings (SSSR count). The summed E-state index contributed by atoms with van der Waals surface area (Å²) in [5.74, 6) is 0.121. The Bertz CT molecular complexity index is 1290. The highest BCUT2D eigenvalue weighted by molar-refractivity contribution is 6.06. The number of ether oxygens (including phenoxy) is 1. The number of aromatic hydroxyl groups is 1. The third-order valence-electron chi connectivity index (χ3n) is 6.72. The maximum absolute atomic E-state index is 12.4. The Morgan fingerprint density at radius 1 is 1.17 bits per heavy atom. The number of Topliss-reactive ketones (excluding diaryl/α,β-unsaturated/α-hetero) is 1. The molecule has 0 unspecified atom stereocenters. The van der Waals surface area contributed by atoms with Gasteiger partial charge in [-0.1, -0.05) is 32.3 Å². The lowest BCUT2D eigenvalue weighted by molar-refractivity contribution is -0.124. The van der Waals surface area contributed by atoms with E-state index in [4.69, 9.17) is 4.74 Å². The zero-order valence-corrected chi connectivity index (χ0v) is 20.7. The number of hydrogen-bond donors (Lipinski definition) is 1. The number of benzene rings is 1. The summed E-state index contributed by atoms with van der Waals surface area (Å²) in [6, 6.07) is 3.54. The maximum atomic E-state index is 12.4. The van der Waals surface area contributed by atoms with E-state index in [2.05, 4.69) is 11.9 Å². The monoisotopic (exact) mass is 474 g/mol. The molecule has 1 aliphatic carbocycles. The summed E-state index contributed by atoms with van der Waals surface area (Å²) in [5.41, 5.74) is 3.55. The number of carbonyl (C=O) groups is 2. The van der Waals surface area contributed by atoms with E-state index >= 15 is 0 Å². The van der Waals surface area contributed by atoms with Crippen molar-refractivity contribution in [2.45, 2.75) is 71.1 Å². The number of aliphatic imine (C=N–C) groups is 1. The molecular formula is C29H34N2O4. The lowest BCUT2D eigenvalue weighted by Crippen LogP contribution is -2.31. The Labute approximate surface area is 206 Å². The summed E-state index contributed by atoms with van der Waals surface area (Å²) >= 11 is 0. The lowest BCUT2D eigenvalue weighted by Gasteiger charge is -2.17. The van der Waals surface area contributed by atoms with Gasteiger partial charge in [0, 0.05) is 24.1 Å². The molecule has 2 aliphatic rings. The molecule has 6 nitrogen and oxygen atoms in total. The number of phenols is 1. The minimum atomic E-state index is -0.220. The fourth-order valence-corrected chi connectivity index (χ4v) is 4.89. The summed E-state index contributed by atoms with van der Waals surface area (Å²) in [7, 11) is 1.51. The van der Waals surface area contributed by atoms with E-state index in [1.54, 1.807) is 12.1 Å². The minimum absolute atomic E-state index is 0.0233. The second-order valence-electron chi connectivity index (χ2n) is 9.32. The number of carbonyl (C=O) groups excluding carboxylic acids is 2. The molecule has 1 fully saturated rings. The average Bonchev–Trinajstić information content (AvgIpc) is 3.45. The van der Waals surface area contributed by atoms with Crippen LogP contribution in [0.1, 0.15) is 76.7 Å². The van der Waals surface area contributed by atoms with Crippen LogP contribution in [0.25, 0.3) is 23.4 Å². The molecule has 0 saturated heterocycles. The molecule has 1 aromatic heterocycles. The number of hydrogen-bond acceptors (Lipinski definition) is 5. The summed E-state index contributed by atoms with van der Waals surface area (Å²) in [6.45, 7) is 2.09. The third-order valence-corrected chi connectivity index (χ3v) is 6.72. The summed E-state index contributed by atoms with van der Waals surface area (Å²) < 4.78 is 7.46. The van der Waals surface area contributed by atoms with Crippen LogP contribution in [0.5, 0.6) is 11.5 Å². The van der Waals surface area contributed by atoms with Crippen LogP contribution in [0.4, 0.5) is 5.69 Å². The summed E-state index contributed by atoms with van der Waals surface area (Å²) in [5, 5.41) is 13.2. The van der Waals surface area contributed by atoms with Crippen molar-refractivity contribution in [3.63, 3.8) is 0 Å². The SMILES string of the molecule is CCCCCC(=O)CC(=O)C=Cc1cc(OC)c(O)c(-n2cc3c(c2=C2CCCCC2)=CC=N3)c1. The highest BCUT2D eigenvalue weighted by atomic mass is 16.5. The Morgan fingerprint density at radius 2 is 1.97 bits per heavy atom. The van der Waals surface area contributed by atoms with E-state index in [9.17, 15) is 14.7 Å². The van der Waals surface area contributed by atoms with E-state index in [0.717, 1.165) is 61.2 Å². The fourth-order valence-electron chi connectivity index (χ4n) is 4.89. The van der Waals surface area contributed by atoms with Crippen molar-refractivity contribution in [3.8, 4) is 17.2 Å². The van der Waals surface area contributed by atoms with Crippen LogP contribution >= 0.6 is 0 Å². The first-order valence-corrected chi connectivity index (χ1v) is 12.6. The van der Waals surface area contributed by atoms with E-state index in [-0.39, 0.29) is 23.7 Å². The van der Waals surface area contributed by atoms with Crippen molar-refractivity contribution in [1.29, 1.82) is 0 Å². The molecule has 0 bridgehead atoms. The van der Waals surface area contributed by atoms with Gasteiger partial charge in [0.2, 0.25) is 0 Å². The molecule has 0 amide bonds. The standard InChI is InChI=1S/C29H34N2O4/c1-3-4-6-11-22(32)18-23(33)13-12-20-16-26(29(34)27(17-20)35-2)31-19-25-24(14-15-30-25)28(31)21-9-7-5-8-10-21/h12-17,19,34H,3-11,18H2,1-2H3. The number of fused-ring (bicyclic) bond motifs is 1. The number of unbranched alkanes of at least 4 members (excludes halogenated alkanes) is 2. The average molecular weight is 475 g/mol. The molecule has 1 N–H and O–H groups in total. The number of ketones is 2. The first-order valence-electron chi connectivity index (χ1n) is 12.6. The molecular weight excluding hydrogens is 440 g/mol. The second-order valence-corrected chi connectivity index (χ2v) is 9.32. The molecule has 2 heterocycles. The molecule has 1 saturated carbocycles. The molecule has 0 radical (unpaired) electrons. The topological polar surface area (TPSA) is 80.9 Å². The van der Waals surface area contributed by atoms with Crippen molar-refractivity contribution in [1.82, 2.24) is 4.57 Å². The first kappa shape index (κ1) is 24.7. The fraction of sp³-hybridized carbons (Fsp3) is 0.414. The van der Waals surface area contributed by atoms with Crippen molar-refractivity contribution in [3.05, 3.63) is 40.5 Å². The van der Waals surface area contributed by atoms with Gasteiger partial charge in [0.15, 0.2) is 17.3 Å². The molecule has 0 atom stereocenters. The first-order chi connectivity index (χ1) is 17.0. The van der Waals surface area contributed by atoms with Gasteiger partial charge in [0.25, 0.3) is 0 Å². The van der Waals surface area contributed by atoms with Gasteiger partial charge in [-0.05, 0) is 67.5 Å². The zero-order chi connectivity index (χ0) is 24.8. The quantitative estimate of drug-likeness (QED) is 0.301. The van der Waals surface area contributed by atoms with Gasteiger partial charge in [0.1, 0.15) is 5.78 Å². The van der Waals surface area contributed by atoms with Gasteiger partial charge in [0.05, 0.1) is 30.3 Å². The van der Waals surface area contributed by atoms with E-state index in [1.165, 1.54) is 25.2 Å². The van der Waals surface area contributed by atoms with Crippen LogP contribution in [-0.4, -0.2) is 34.6 Å². The Kier molecular flexibility index (Phi) is 8.01. The number of rotatable bonds is 10. The maximum Gasteiger partial charge on any atom is 0.182 e. The molecule has 6 heteroatoms. The third kappa shape index (κ3) is 5.64. The van der Waals surface area contributed by atoms with E-state index in [0.29, 0.717) is 23.4 Å². The van der Waals surface area contributed by atoms with Crippen LogP contribution in [0, 0.1) is 0 Å². The molecule has 1 aliphatic heterocycles. The summed E-state index contributed by atoms with van der Waals surface area (Å²) in [6.07, 6.45) is 17.8. The normalized spacial score (nSPS) is 14.9. The van der Waals surface area contributed by atoms with E-state index in [1.807, 2.05) is 29.1 Å². The van der Waals surface area contributed by atoms with Gasteiger partial charge < -0.3 is 14.4 Å². The Balaban J connectivity index is 1.68.